The first kappa shape index (κ1) is 16.0. The van der Waals surface area contributed by atoms with Crippen molar-refractivity contribution in [3.8, 4) is 11.8 Å². The summed E-state index contributed by atoms with van der Waals surface area (Å²) in [5, 5.41) is 8.81. The molecule has 0 amide bonds. The minimum atomic E-state index is -0.299. The molecule has 1 atom stereocenters. The molecule has 1 unspecified atom stereocenters. The highest BCUT2D eigenvalue weighted by Gasteiger charge is 2.20. The van der Waals surface area contributed by atoms with Gasteiger partial charge in [-0.15, -0.1) is 0 Å². The number of piperidine rings is 1. The van der Waals surface area contributed by atoms with Crippen molar-refractivity contribution in [3.63, 3.8) is 0 Å². The predicted molar refractivity (Wildman–Crippen MR) is 80.3 cm³/mol. The zero-order chi connectivity index (χ0) is 15.1. The van der Waals surface area contributed by atoms with E-state index < -0.39 is 0 Å². The first-order valence-electron chi connectivity index (χ1n) is 7.45. The summed E-state index contributed by atoms with van der Waals surface area (Å²) in [6, 6.07) is 4.67. The Morgan fingerprint density at radius 2 is 2.33 bits per heavy atom. The molecule has 1 saturated heterocycles. The van der Waals surface area contributed by atoms with E-state index in [-0.39, 0.29) is 18.5 Å². The number of nitrogens with zero attached hydrogens (tertiary/aromatic N) is 1. The second-order valence-corrected chi connectivity index (χ2v) is 5.22. The van der Waals surface area contributed by atoms with Crippen LogP contribution < -0.4 is 0 Å². The Morgan fingerprint density at radius 1 is 1.48 bits per heavy atom. The molecule has 1 aliphatic rings. The van der Waals surface area contributed by atoms with Crippen LogP contribution in [0, 0.1) is 17.7 Å². The normalized spacial score (nSPS) is 19.1. The maximum atomic E-state index is 13.4. The average molecular weight is 291 g/mol. The standard InChI is InChI=1S/C17H22FNO2/c1-2-21-17-6-3-9-19(13-17)12-15-7-8-16(18)11-14(15)5-4-10-20/h7-8,11,17,20H,2-3,6,9-10,12-13H2,1H3. The molecule has 0 radical (unpaired) electrons. The summed E-state index contributed by atoms with van der Waals surface area (Å²) >= 11 is 0. The molecule has 4 heteroatoms. The van der Waals surface area contributed by atoms with Gasteiger partial charge in [0, 0.05) is 25.3 Å². The van der Waals surface area contributed by atoms with E-state index in [2.05, 4.69) is 16.7 Å². The Bertz CT molecular complexity index is 519. The molecule has 0 spiro atoms. The van der Waals surface area contributed by atoms with Gasteiger partial charge in [-0.2, -0.15) is 0 Å². The molecular formula is C17H22FNO2. The molecule has 1 aromatic carbocycles. The van der Waals surface area contributed by atoms with Gasteiger partial charge in [-0.05, 0) is 44.0 Å². The summed E-state index contributed by atoms with van der Waals surface area (Å²) in [5.41, 5.74) is 1.65. The smallest absolute Gasteiger partial charge is 0.124 e. The second-order valence-electron chi connectivity index (χ2n) is 5.22. The first-order chi connectivity index (χ1) is 10.2. The zero-order valence-corrected chi connectivity index (χ0v) is 12.4. The number of aliphatic hydroxyl groups excluding tert-OH is 1. The number of benzene rings is 1. The Balaban J connectivity index is 2.08. The van der Waals surface area contributed by atoms with Gasteiger partial charge in [0.25, 0.3) is 0 Å². The van der Waals surface area contributed by atoms with Crippen molar-refractivity contribution in [1.82, 2.24) is 4.90 Å². The lowest BCUT2D eigenvalue weighted by atomic mass is 10.0. The molecule has 2 rings (SSSR count). The lowest BCUT2D eigenvalue weighted by molar-refractivity contribution is 0.00361. The average Bonchev–Trinajstić information content (AvgIpc) is 2.48. The van der Waals surface area contributed by atoms with Gasteiger partial charge < -0.3 is 9.84 Å². The monoisotopic (exact) mass is 291 g/mol. The van der Waals surface area contributed by atoms with Gasteiger partial charge in [0.15, 0.2) is 0 Å². The highest BCUT2D eigenvalue weighted by molar-refractivity contribution is 5.41. The Morgan fingerprint density at radius 3 is 3.10 bits per heavy atom. The zero-order valence-electron chi connectivity index (χ0n) is 12.4. The van der Waals surface area contributed by atoms with E-state index in [1.54, 1.807) is 6.07 Å². The van der Waals surface area contributed by atoms with Gasteiger partial charge in [0.2, 0.25) is 0 Å². The Kier molecular flexibility index (Phi) is 6.19. The van der Waals surface area contributed by atoms with Crippen LogP contribution in [-0.2, 0) is 11.3 Å². The van der Waals surface area contributed by atoms with Crippen LogP contribution in [0.5, 0.6) is 0 Å². The molecule has 0 aromatic heterocycles. The summed E-state index contributed by atoms with van der Waals surface area (Å²) in [6.07, 6.45) is 2.50. The molecule has 1 heterocycles. The van der Waals surface area contributed by atoms with Gasteiger partial charge in [0.1, 0.15) is 12.4 Å². The third-order valence-electron chi connectivity index (χ3n) is 3.63. The maximum absolute atomic E-state index is 13.4. The minimum absolute atomic E-state index is 0.216. The van der Waals surface area contributed by atoms with E-state index in [9.17, 15) is 4.39 Å². The molecule has 0 bridgehead atoms. The number of aliphatic hydroxyl groups is 1. The molecular weight excluding hydrogens is 269 g/mol. The Hall–Kier alpha value is -1.41. The largest absolute Gasteiger partial charge is 0.384 e. The van der Waals surface area contributed by atoms with Crippen molar-refractivity contribution in [2.24, 2.45) is 0 Å². The fourth-order valence-corrected chi connectivity index (χ4v) is 2.71. The number of hydrogen-bond acceptors (Lipinski definition) is 3. The van der Waals surface area contributed by atoms with E-state index in [0.717, 1.165) is 44.6 Å². The number of rotatable bonds is 4. The lowest BCUT2D eigenvalue weighted by Crippen LogP contribution is -2.39. The summed E-state index contributed by atoms with van der Waals surface area (Å²) in [5.74, 6) is 5.13. The highest BCUT2D eigenvalue weighted by atomic mass is 19.1. The van der Waals surface area contributed by atoms with Gasteiger partial charge >= 0.3 is 0 Å². The van der Waals surface area contributed by atoms with Crippen LogP contribution in [-0.4, -0.2) is 42.4 Å². The predicted octanol–water partition coefficient (Wildman–Crippen LogP) is 2.17. The van der Waals surface area contributed by atoms with E-state index >= 15 is 0 Å². The number of likely N-dealkylation sites (tertiary alicyclic amines) is 1. The summed E-state index contributed by atoms with van der Waals surface area (Å²) in [4.78, 5) is 2.32. The van der Waals surface area contributed by atoms with Crippen LogP contribution in [0.4, 0.5) is 4.39 Å². The van der Waals surface area contributed by atoms with Crippen molar-refractivity contribution in [2.45, 2.75) is 32.4 Å². The second kappa shape index (κ2) is 8.14. The quantitative estimate of drug-likeness (QED) is 0.863. The van der Waals surface area contributed by atoms with Gasteiger partial charge in [-0.1, -0.05) is 17.9 Å². The fraction of sp³-hybridized carbons (Fsp3) is 0.529. The van der Waals surface area contributed by atoms with Gasteiger partial charge in [0.05, 0.1) is 6.10 Å². The molecule has 1 aliphatic heterocycles. The molecule has 114 valence electrons. The third kappa shape index (κ3) is 4.82. The maximum Gasteiger partial charge on any atom is 0.124 e. The molecule has 0 aliphatic carbocycles. The van der Waals surface area contributed by atoms with Crippen LogP contribution in [0.3, 0.4) is 0 Å². The molecule has 3 nitrogen and oxygen atoms in total. The van der Waals surface area contributed by atoms with Crippen molar-refractivity contribution in [1.29, 1.82) is 0 Å². The van der Waals surface area contributed by atoms with Crippen LogP contribution in [0.25, 0.3) is 0 Å². The Labute approximate surface area is 125 Å². The minimum Gasteiger partial charge on any atom is -0.384 e. The van der Waals surface area contributed by atoms with E-state index in [1.807, 2.05) is 6.92 Å². The highest BCUT2D eigenvalue weighted by Crippen LogP contribution is 2.18. The lowest BCUT2D eigenvalue weighted by Gasteiger charge is -2.32. The van der Waals surface area contributed by atoms with Crippen LogP contribution in [0.15, 0.2) is 18.2 Å². The molecule has 21 heavy (non-hydrogen) atoms. The van der Waals surface area contributed by atoms with E-state index in [4.69, 9.17) is 9.84 Å². The summed E-state index contributed by atoms with van der Waals surface area (Å²) < 4.78 is 19.1. The SMILES string of the molecule is CCOC1CCCN(Cc2ccc(F)cc2C#CCO)C1. The number of halogens is 1. The van der Waals surface area contributed by atoms with Gasteiger partial charge in [-0.3, -0.25) is 4.90 Å². The summed E-state index contributed by atoms with van der Waals surface area (Å²) in [7, 11) is 0. The molecule has 1 aromatic rings. The van der Waals surface area contributed by atoms with Gasteiger partial charge in [-0.25, -0.2) is 4.39 Å². The summed E-state index contributed by atoms with van der Waals surface area (Å²) in [6.45, 7) is 5.20. The molecule has 1 fully saturated rings. The van der Waals surface area contributed by atoms with Crippen LogP contribution in [0.2, 0.25) is 0 Å². The number of hydrogen-bond donors (Lipinski definition) is 1. The molecule has 1 N–H and O–H groups in total. The van der Waals surface area contributed by atoms with Crippen LogP contribution in [0.1, 0.15) is 30.9 Å². The van der Waals surface area contributed by atoms with E-state index in [1.165, 1.54) is 12.1 Å². The first-order valence-corrected chi connectivity index (χ1v) is 7.45. The van der Waals surface area contributed by atoms with Crippen molar-refractivity contribution in [2.75, 3.05) is 26.3 Å². The molecule has 0 saturated carbocycles. The van der Waals surface area contributed by atoms with Crippen molar-refractivity contribution < 1.29 is 14.2 Å². The van der Waals surface area contributed by atoms with Crippen LogP contribution >= 0.6 is 0 Å². The van der Waals surface area contributed by atoms with E-state index in [0.29, 0.717) is 5.56 Å². The van der Waals surface area contributed by atoms with Crippen molar-refractivity contribution >= 4 is 0 Å². The fourth-order valence-electron chi connectivity index (χ4n) is 2.71. The van der Waals surface area contributed by atoms with Crippen molar-refractivity contribution in [3.05, 3.63) is 35.1 Å². The third-order valence-corrected chi connectivity index (χ3v) is 3.63. The number of ether oxygens (including phenoxy) is 1. The topological polar surface area (TPSA) is 32.7 Å².